The predicted molar refractivity (Wildman–Crippen MR) is 93.1 cm³/mol. The molecule has 2 aromatic carbocycles. The number of benzene rings is 2. The first kappa shape index (κ1) is 17.0. The summed E-state index contributed by atoms with van der Waals surface area (Å²) < 4.78 is 10.3. The van der Waals surface area contributed by atoms with Crippen molar-refractivity contribution in [3.05, 3.63) is 65.7 Å². The summed E-state index contributed by atoms with van der Waals surface area (Å²) in [5.41, 5.74) is 1.88. The van der Waals surface area contributed by atoms with Gasteiger partial charge in [0.15, 0.2) is 6.61 Å². The van der Waals surface area contributed by atoms with E-state index in [0.717, 1.165) is 29.7 Å². The van der Waals surface area contributed by atoms with Crippen LogP contribution in [0.3, 0.4) is 0 Å². The van der Waals surface area contributed by atoms with Crippen LogP contribution < -0.4 is 10.1 Å². The third-order valence-electron chi connectivity index (χ3n) is 4.14. The standard InChI is InChI=1S/C20H21NO4/c1-24-17-11-9-15(10-12-17)19(14-5-3-2-4-6-14)21-18(22)13-25-20(23)16-7-8-16/h2-6,9-12,16,19H,7-8,13H2,1H3,(H,21,22)/t19-/m0/s1. The van der Waals surface area contributed by atoms with Crippen LogP contribution in [0, 0.1) is 5.92 Å². The highest BCUT2D eigenvalue weighted by molar-refractivity contribution is 5.82. The van der Waals surface area contributed by atoms with E-state index >= 15 is 0 Å². The zero-order chi connectivity index (χ0) is 17.6. The second-order valence-corrected chi connectivity index (χ2v) is 6.07. The molecule has 1 atom stereocenters. The maximum Gasteiger partial charge on any atom is 0.309 e. The molecule has 5 heteroatoms. The SMILES string of the molecule is COc1ccc([C@@H](NC(=O)COC(=O)C2CC2)c2ccccc2)cc1. The Hall–Kier alpha value is -2.82. The molecule has 0 bridgehead atoms. The Labute approximate surface area is 147 Å². The third-order valence-corrected chi connectivity index (χ3v) is 4.14. The van der Waals surface area contributed by atoms with E-state index in [1.54, 1.807) is 7.11 Å². The van der Waals surface area contributed by atoms with Gasteiger partial charge in [-0.15, -0.1) is 0 Å². The lowest BCUT2D eigenvalue weighted by Gasteiger charge is -2.20. The Bertz CT molecular complexity index is 723. The van der Waals surface area contributed by atoms with Crippen LogP contribution in [0.1, 0.15) is 30.0 Å². The number of amides is 1. The smallest absolute Gasteiger partial charge is 0.309 e. The molecular formula is C20H21NO4. The number of esters is 1. The van der Waals surface area contributed by atoms with Crippen LogP contribution in [-0.2, 0) is 14.3 Å². The van der Waals surface area contributed by atoms with Gasteiger partial charge in [0.1, 0.15) is 5.75 Å². The Balaban J connectivity index is 1.71. The normalized spacial score (nSPS) is 14.4. The second kappa shape index (κ2) is 7.83. The highest BCUT2D eigenvalue weighted by Crippen LogP contribution is 2.30. The van der Waals surface area contributed by atoms with Crippen molar-refractivity contribution in [2.75, 3.05) is 13.7 Å². The average Bonchev–Trinajstić information content (AvgIpc) is 3.50. The van der Waals surface area contributed by atoms with Crippen molar-refractivity contribution in [2.45, 2.75) is 18.9 Å². The van der Waals surface area contributed by atoms with Gasteiger partial charge in [-0.3, -0.25) is 9.59 Å². The fraction of sp³-hybridized carbons (Fsp3) is 0.300. The maximum absolute atomic E-state index is 12.3. The fourth-order valence-electron chi connectivity index (χ4n) is 2.58. The molecule has 1 saturated carbocycles. The van der Waals surface area contributed by atoms with Gasteiger partial charge in [0.25, 0.3) is 5.91 Å². The zero-order valence-corrected chi connectivity index (χ0v) is 14.1. The Morgan fingerprint density at radius 2 is 1.68 bits per heavy atom. The summed E-state index contributed by atoms with van der Waals surface area (Å²) in [7, 11) is 1.61. The number of rotatable bonds is 7. The third kappa shape index (κ3) is 4.59. The summed E-state index contributed by atoms with van der Waals surface area (Å²) in [6.07, 6.45) is 1.72. The Morgan fingerprint density at radius 3 is 2.28 bits per heavy atom. The first-order valence-electron chi connectivity index (χ1n) is 8.32. The van der Waals surface area contributed by atoms with Gasteiger partial charge in [-0.05, 0) is 36.1 Å². The van der Waals surface area contributed by atoms with Crippen LogP contribution in [0.2, 0.25) is 0 Å². The highest BCUT2D eigenvalue weighted by Gasteiger charge is 2.31. The molecule has 1 aliphatic carbocycles. The van der Waals surface area contributed by atoms with Crippen molar-refractivity contribution < 1.29 is 19.1 Å². The number of methoxy groups -OCH3 is 1. The van der Waals surface area contributed by atoms with Crippen molar-refractivity contribution in [2.24, 2.45) is 5.92 Å². The molecular weight excluding hydrogens is 318 g/mol. The summed E-state index contributed by atoms with van der Waals surface area (Å²) in [5, 5.41) is 2.94. The predicted octanol–water partition coefficient (Wildman–Crippen LogP) is 2.85. The van der Waals surface area contributed by atoms with Crippen molar-refractivity contribution in [3.8, 4) is 5.75 Å². The van der Waals surface area contributed by atoms with Crippen LogP contribution in [0.25, 0.3) is 0 Å². The van der Waals surface area contributed by atoms with E-state index in [4.69, 9.17) is 9.47 Å². The van der Waals surface area contributed by atoms with Gasteiger partial charge in [-0.2, -0.15) is 0 Å². The minimum Gasteiger partial charge on any atom is -0.497 e. The molecule has 0 unspecified atom stereocenters. The van der Waals surface area contributed by atoms with E-state index in [2.05, 4.69) is 5.32 Å². The van der Waals surface area contributed by atoms with E-state index in [1.807, 2.05) is 54.6 Å². The first-order valence-corrected chi connectivity index (χ1v) is 8.32. The minimum atomic E-state index is -0.321. The van der Waals surface area contributed by atoms with Crippen LogP contribution in [-0.4, -0.2) is 25.6 Å². The van der Waals surface area contributed by atoms with E-state index in [0.29, 0.717) is 0 Å². The molecule has 0 saturated heterocycles. The van der Waals surface area contributed by atoms with Crippen molar-refractivity contribution in [3.63, 3.8) is 0 Å². The summed E-state index contributed by atoms with van der Waals surface area (Å²) in [5.74, 6) is 0.133. The molecule has 5 nitrogen and oxygen atoms in total. The van der Waals surface area contributed by atoms with E-state index in [-0.39, 0.29) is 30.4 Å². The molecule has 3 rings (SSSR count). The van der Waals surface area contributed by atoms with Crippen LogP contribution >= 0.6 is 0 Å². The molecule has 1 N–H and O–H groups in total. The molecule has 0 aliphatic heterocycles. The first-order chi connectivity index (χ1) is 12.2. The molecule has 0 aromatic heterocycles. The number of hydrogen-bond acceptors (Lipinski definition) is 4. The number of ether oxygens (including phenoxy) is 2. The molecule has 1 aliphatic rings. The Morgan fingerprint density at radius 1 is 1.04 bits per heavy atom. The molecule has 1 fully saturated rings. The minimum absolute atomic E-state index is 0.0145. The summed E-state index contributed by atoms with van der Waals surface area (Å²) in [6.45, 7) is -0.255. The molecule has 0 radical (unpaired) electrons. The largest absolute Gasteiger partial charge is 0.497 e. The average molecular weight is 339 g/mol. The van der Waals surface area contributed by atoms with Crippen LogP contribution in [0.5, 0.6) is 5.75 Å². The lowest BCUT2D eigenvalue weighted by molar-refractivity contribution is -0.149. The molecule has 0 spiro atoms. The topological polar surface area (TPSA) is 64.6 Å². The highest BCUT2D eigenvalue weighted by atomic mass is 16.5. The van der Waals surface area contributed by atoms with E-state index < -0.39 is 0 Å². The summed E-state index contributed by atoms with van der Waals surface area (Å²) >= 11 is 0. The Kier molecular flexibility index (Phi) is 5.33. The summed E-state index contributed by atoms with van der Waals surface area (Å²) in [4.78, 5) is 23.8. The molecule has 1 amide bonds. The fourth-order valence-corrected chi connectivity index (χ4v) is 2.58. The number of hydrogen-bond donors (Lipinski definition) is 1. The van der Waals surface area contributed by atoms with E-state index in [1.165, 1.54) is 0 Å². The zero-order valence-electron chi connectivity index (χ0n) is 14.1. The second-order valence-electron chi connectivity index (χ2n) is 6.07. The molecule has 25 heavy (non-hydrogen) atoms. The van der Waals surface area contributed by atoms with Crippen molar-refractivity contribution in [1.29, 1.82) is 0 Å². The van der Waals surface area contributed by atoms with Gasteiger partial charge in [-0.25, -0.2) is 0 Å². The quantitative estimate of drug-likeness (QED) is 0.788. The van der Waals surface area contributed by atoms with Crippen molar-refractivity contribution >= 4 is 11.9 Å². The molecule has 130 valence electrons. The van der Waals surface area contributed by atoms with E-state index in [9.17, 15) is 9.59 Å². The van der Waals surface area contributed by atoms with Gasteiger partial charge in [0, 0.05) is 0 Å². The van der Waals surface area contributed by atoms with Gasteiger partial charge in [0.05, 0.1) is 19.1 Å². The summed E-state index contributed by atoms with van der Waals surface area (Å²) in [6, 6.07) is 16.9. The van der Waals surface area contributed by atoms with Gasteiger partial charge in [-0.1, -0.05) is 42.5 Å². The lowest BCUT2D eigenvalue weighted by Crippen LogP contribution is -2.33. The molecule has 0 heterocycles. The number of nitrogens with one attached hydrogen (secondary N) is 1. The van der Waals surface area contributed by atoms with Gasteiger partial charge >= 0.3 is 5.97 Å². The number of carbonyl (C=O) groups excluding carboxylic acids is 2. The van der Waals surface area contributed by atoms with Gasteiger partial charge < -0.3 is 14.8 Å². The maximum atomic E-state index is 12.3. The van der Waals surface area contributed by atoms with Gasteiger partial charge in [0.2, 0.25) is 0 Å². The van der Waals surface area contributed by atoms with Crippen LogP contribution in [0.4, 0.5) is 0 Å². The van der Waals surface area contributed by atoms with Crippen molar-refractivity contribution in [1.82, 2.24) is 5.32 Å². The number of carbonyl (C=O) groups is 2. The lowest BCUT2D eigenvalue weighted by atomic mass is 9.98. The monoisotopic (exact) mass is 339 g/mol. The van der Waals surface area contributed by atoms with Crippen LogP contribution in [0.15, 0.2) is 54.6 Å². The molecule has 2 aromatic rings.